The molecule has 1 saturated heterocycles. The molecule has 1 aliphatic heterocycles. The van der Waals surface area contributed by atoms with Gasteiger partial charge in [0.2, 0.25) is 5.91 Å². The summed E-state index contributed by atoms with van der Waals surface area (Å²) in [5.41, 5.74) is -0.608. The van der Waals surface area contributed by atoms with Crippen LogP contribution in [0.2, 0.25) is 5.02 Å². The van der Waals surface area contributed by atoms with Crippen LogP contribution in [0, 0.1) is 27.2 Å². The molecule has 0 bridgehead atoms. The van der Waals surface area contributed by atoms with Gasteiger partial charge in [0.15, 0.2) is 0 Å². The Morgan fingerprint density at radius 3 is 2.48 bits per heavy atom. The highest BCUT2D eigenvalue weighted by Gasteiger charge is 2.26. The van der Waals surface area contributed by atoms with Crippen molar-refractivity contribution in [2.45, 2.75) is 19.8 Å². The lowest BCUT2D eigenvalue weighted by Crippen LogP contribution is -2.24. The van der Waals surface area contributed by atoms with Gasteiger partial charge in [0.25, 0.3) is 17.3 Å². The van der Waals surface area contributed by atoms with E-state index in [0.29, 0.717) is 18.7 Å². The molecule has 2 amide bonds. The Morgan fingerprint density at radius 1 is 1.17 bits per heavy atom. The Bertz CT molecular complexity index is 1050. The van der Waals surface area contributed by atoms with Gasteiger partial charge in [-0.2, -0.15) is 0 Å². The van der Waals surface area contributed by atoms with Crippen molar-refractivity contribution in [1.82, 2.24) is 0 Å². The van der Waals surface area contributed by atoms with Crippen LogP contribution in [0.15, 0.2) is 30.3 Å². The van der Waals surface area contributed by atoms with Gasteiger partial charge in [0, 0.05) is 30.3 Å². The summed E-state index contributed by atoms with van der Waals surface area (Å²) in [4.78, 5) is 46.9. The van der Waals surface area contributed by atoms with Crippen molar-refractivity contribution in [1.29, 1.82) is 0 Å². The third-order valence-corrected chi connectivity index (χ3v) is 4.93. The zero-order valence-electron chi connectivity index (χ0n) is 15.2. The second kappa shape index (κ2) is 7.84. The number of carbonyl (C=O) groups is 2. The van der Waals surface area contributed by atoms with Crippen LogP contribution in [0.5, 0.6) is 0 Å². The zero-order chi connectivity index (χ0) is 21.3. The Labute approximate surface area is 169 Å². The minimum Gasteiger partial charge on any atom is -0.321 e. The molecular weight excluding hydrogens is 404 g/mol. The molecule has 3 rings (SSSR count). The first-order valence-corrected chi connectivity index (χ1v) is 8.91. The highest BCUT2D eigenvalue weighted by Crippen LogP contribution is 2.32. The second-order valence-electron chi connectivity index (χ2n) is 6.42. The van der Waals surface area contributed by atoms with Crippen molar-refractivity contribution in [3.63, 3.8) is 0 Å². The van der Waals surface area contributed by atoms with Gasteiger partial charge in [-0.1, -0.05) is 11.6 Å². The average Bonchev–Trinajstić information content (AvgIpc) is 3.09. The molecule has 29 heavy (non-hydrogen) atoms. The fraction of sp³-hybridized carbons (Fsp3) is 0.222. The molecule has 0 aliphatic carbocycles. The van der Waals surface area contributed by atoms with E-state index < -0.39 is 27.1 Å². The quantitative estimate of drug-likeness (QED) is 0.578. The lowest BCUT2D eigenvalue weighted by molar-refractivity contribution is -0.394. The van der Waals surface area contributed by atoms with E-state index in [0.717, 1.165) is 18.6 Å². The maximum Gasteiger partial charge on any atom is 0.279 e. The zero-order valence-corrected chi connectivity index (χ0v) is 15.9. The monoisotopic (exact) mass is 418 g/mol. The molecule has 1 N–H and O–H groups in total. The van der Waals surface area contributed by atoms with Crippen molar-refractivity contribution >= 4 is 46.2 Å². The van der Waals surface area contributed by atoms with Crippen LogP contribution in [0.3, 0.4) is 0 Å². The van der Waals surface area contributed by atoms with E-state index in [1.54, 1.807) is 11.0 Å². The Balaban J connectivity index is 1.97. The molecule has 1 aliphatic rings. The van der Waals surface area contributed by atoms with Crippen molar-refractivity contribution in [2.24, 2.45) is 0 Å². The minimum absolute atomic E-state index is 0.0138. The first kappa shape index (κ1) is 20.2. The first-order chi connectivity index (χ1) is 13.7. The summed E-state index contributed by atoms with van der Waals surface area (Å²) in [6.07, 6.45) is 1.15. The molecule has 1 heterocycles. The van der Waals surface area contributed by atoms with Crippen LogP contribution in [-0.4, -0.2) is 28.2 Å². The lowest BCUT2D eigenvalue weighted by Gasteiger charge is -2.18. The molecule has 0 aromatic heterocycles. The summed E-state index contributed by atoms with van der Waals surface area (Å²) < 4.78 is 0. The van der Waals surface area contributed by atoms with Gasteiger partial charge in [-0.25, -0.2) is 0 Å². The highest BCUT2D eigenvalue weighted by atomic mass is 35.5. The third-order valence-electron chi connectivity index (χ3n) is 4.60. The minimum atomic E-state index is -0.810. The number of nitro benzene ring substituents is 2. The van der Waals surface area contributed by atoms with E-state index in [1.165, 1.54) is 19.1 Å². The van der Waals surface area contributed by atoms with Gasteiger partial charge in [-0.3, -0.25) is 29.8 Å². The van der Waals surface area contributed by atoms with Crippen LogP contribution in [0.4, 0.5) is 22.7 Å². The lowest BCUT2D eigenvalue weighted by atomic mass is 10.0. The summed E-state index contributed by atoms with van der Waals surface area (Å²) in [6.45, 7) is 1.88. The average molecular weight is 419 g/mol. The summed E-state index contributed by atoms with van der Waals surface area (Å²) in [5.74, 6) is -0.837. The Morgan fingerprint density at radius 2 is 1.90 bits per heavy atom. The molecule has 11 heteroatoms. The molecule has 1 fully saturated rings. The topological polar surface area (TPSA) is 136 Å². The molecule has 0 atom stereocenters. The maximum absolute atomic E-state index is 12.7. The first-order valence-electron chi connectivity index (χ1n) is 8.53. The molecule has 0 spiro atoms. The standard InChI is InChI=1S/C18H15ClN4O6/c1-10-13(7-12(22(26)27)9-16(10)23(28)29)18(25)20-15-8-11(4-5-14(15)19)21-6-2-3-17(21)24/h4-5,7-9H,2-3,6H2,1H3,(H,20,25). The largest absolute Gasteiger partial charge is 0.321 e. The summed E-state index contributed by atoms with van der Waals surface area (Å²) in [6, 6.07) is 6.45. The molecule has 2 aromatic rings. The van der Waals surface area contributed by atoms with Gasteiger partial charge in [0.1, 0.15) is 0 Å². The summed E-state index contributed by atoms with van der Waals surface area (Å²) in [7, 11) is 0. The molecule has 0 saturated carbocycles. The fourth-order valence-electron chi connectivity index (χ4n) is 3.10. The number of rotatable bonds is 5. The van der Waals surface area contributed by atoms with Crippen LogP contribution < -0.4 is 10.2 Å². The number of carbonyl (C=O) groups excluding carboxylic acids is 2. The van der Waals surface area contributed by atoms with Crippen LogP contribution >= 0.6 is 11.6 Å². The number of hydrogen-bond acceptors (Lipinski definition) is 6. The van der Waals surface area contributed by atoms with Crippen molar-refractivity contribution in [3.8, 4) is 0 Å². The smallest absolute Gasteiger partial charge is 0.279 e. The number of nitrogens with zero attached hydrogens (tertiary/aromatic N) is 3. The maximum atomic E-state index is 12.7. The van der Waals surface area contributed by atoms with Gasteiger partial charge in [-0.05, 0) is 31.5 Å². The molecule has 0 unspecified atom stereocenters. The second-order valence-corrected chi connectivity index (χ2v) is 6.83. The summed E-state index contributed by atoms with van der Waals surface area (Å²) >= 11 is 6.14. The normalized spacial score (nSPS) is 13.4. The number of halogens is 1. The van der Waals surface area contributed by atoms with E-state index in [-0.39, 0.29) is 27.7 Å². The highest BCUT2D eigenvalue weighted by molar-refractivity contribution is 6.34. The van der Waals surface area contributed by atoms with Crippen molar-refractivity contribution < 1.29 is 19.4 Å². The van der Waals surface area contributed by atoms with Gasteiger partial charge >= 0.3 is 0 Å². The van der Waals surface area contributed by atoms with E-state index in [1.807, 2.05) is 0 Å². The number of nitrogens with one attached hydrogen (secondary N) is 1. The molecule has 10 nitrogen and oxygen atoms in total. The number of non-ortho nitro benzene ring substituents is 1. The summed E-state index contributed by atoms with van der Waals surface area (Å²) in [5, 5.41) is 25.0. The Kier molecular flexibility index (Phi) is 5.46. The van der Waals surface area contributed by atoms with E-state index in [2.05, 4.69) is 5.32 Å². The van der Waals surface area contributed by atoms with Crippen LogP contribution in [0.1, 0.15) is 28.8 Å². The van der Waals surface area contributed by atoms with Gasteiger partial charge < -0.3 is 10.2 Å². The third kappa shape index (κ3) is 4.02. The molecular formula is C18H15ClN4O6. The number of benzene rings is 2. The predicted molar refractivity (Wildman–Crippen MR) is 105 cm³/mol. The molecule has 0 radical (unpaired) electrons. The molecule has 2 aromatic carbocycles. The SMILES string of the molecule is Cc1c(C(=O)Nc2cc(N3CCCC3=O)ccc2Cl)cc([N+](=O)[O-])cc1[N+](=O)[O-]. The fourth-order valence-corrected chi connectivity index (χ4v) is 3.27. The number of hydrogen-bond donors (Lipinski definition) is 1. The van der Waals surface area contributed by atoms with Gasteiger partial charge in [0.05, 0.1) is 32.2 Å². The Hall–Kier alpha value is -3.53. The predicted octanol–water partition coefficient (Wildman–Crippen LogP) is 3.84. The van der Waals surface area contributed by atoms with E-state index in [9.17, 15) is 29.8 Å². The van der Waals surface area contributed by atoms with Crippen LogP contribution in [-0.2, 0) is 4.79 Å². The molecule has 150 valence electrons. The number of amides is 2. The van der Waals surface area contributed by atoms with Crippen LogP contribution in [0.25, 0.3) is 0 Å². The van der Waals surface area contributed by atoms with Crippen molar-refractivity contribution in [2.75, 3.05) is 16.8 Å². The van der Waals surface area contributed by atoms with Crippen molar-refractivity contribution in [3.05, 3.63) is 66.7 Å². The number of nitro groups is 2. The van der Waals surface area contributed by atoms with Gasteiger partial charge in [-0.15, -0.1) is 0 Å². The van der Waals surface area contributed by atoms with E-state index >= 15 is 0 Å². The number of anilines is 2. The van der Waals surface area contributed by atoms with E-state index in [4.69, 9.17) is 11.6 Å².